The van der Waals surface area contributed by atoms with Crippen molar-refractivity contribution < 1.29 is 14.3 Å². The molecule has 8 nitrogen and oxygen atoms in total. The van der Waals surface area contributed by atoms with Gasteiger partial charge in [-0.3, -0.25) is 19.6 Å². The van der Waals surface area contributed by atoms with E-state index in [-0.39, 0.29) is 36.4 Å². The summed E-state index contributed by atoms with van der Waals surface area (Å²) >= 11 is 12.2. The zero-order valence-electron chi connectivity index (χ0n) is 18.3. The molecule has 1 N–H and O–H groups in total. The topological polar surface area (TPSA) is 81.8 Å². The van der Waals surface area contributed by atoms with Crippen LogP contribution in [0.1, 0.15) is 28.9 Å². The summed E-state index contributed by atoms with van der Waals surface area (Å²) in [6, 6.07) is 6.70. The van der Waals surface area contributed by atoms with Crippen LogP contribution in [0.3, 0.4) is 0 Å². The van der Waals surface area contributed by atoms with Crippen LogP contribution in [-0.2, 0) is 16.0 Å². The number of rotatable bonds is 4. The number of nitrogens with one attached hydrogen (secondary N) is 1. The average Bonchev–Trinajstić information content (AvgIpc) is 3.54. The Morgan fingerprint density at radius 2 is 1.76 bits per heavy atom. The van der Waals surface area contributed by atoms with Gasteiger partial charge in [-0.25, -0.2) is 0 Å². The lowest BCUT2D eigenvalue weighted by Crippen LogP contribution is -2.72. The maximum Gasteiger partial charge on any atom is 0.272 e. The number of ether oxygens (including phenoxy) is 1. The minimum atomic E-state index is -0.216. The van der Waals surface area contributed by atoms with Crippen LogP contribution < -0.4 is 0 Å². The molecule has 2 amide bonds. The van der Waals surface area contributed by atoms with E-state index in [0.29, 0.717) is 42.0 Å². The smallest absolute Gasteiger partial charge is 0.272 e. The van der Waals surface area contributed by atoms with Gasteiger partial charge in [-0.1, -0.05) is 29.3 Å². The van der Waals surface area contributed by atoms with E-state index in [1.165, 1.54) is 0 Å². The highest BCUT2D eigenvalue weighted by Crippen LogP contribution is 2.31. The second kappa shape index (κ2) is 9.62. The number of likely N-dealkylation sites (tertiary alicyclic amines) is 1. The van der Waals surface area contributed by atoms with Gasteiger partial charge in [0.25, 0.3) is 5.91 Å². The molecule has 3 atom stereocenters. The monoisotopic (exact) mass is 491 g/mol. The molecule has 3 aliphatic heterocycles. The van der Waals surface area contributed by atoms with E-state index in [4.69, 9.17) is 27.9 Å². The Hall–Kier alpha value is -2.13. The quantitative estimate of drug-likeness (QED) is 0.710. The molecule has 0 spiro atoms. The van der Waals surface area contributed by atoms with Gasteiger partial charge in [-0.05, 0) is 49.7 Å². The van der Waals surface area contributed by atoms with Crippen molar-refractivity contribution in [1.82, 2.24) is 24.9 Å². The lowest BCUT2D eigenvalue weighted by atomic mass is 9.90. The minimum absolute atomic E-state index is 0.0307. The van der Waals surface area contributed by atoms with Crippen molar-refractivity contribution in [3.63, 3.8) is 0 Å². The maximum absolute atomic E-state index is 13.6. The van der Waals surface area contributed by atoms with Gasteiger partial charge in [-0.15, -0.1) is 0 Å². The molecular weight excluding hydrogens is 465 g/mol. The molecule has 5 rings (SSSR count). The fourth-order valence-electron chi connectivity index (χ4n) is 5.38. The first-order valence-corrected chi connectivity index (χ1v) is 12.1. The van der Waals surface area contributed by atoms with Gasteiger partial charge < -0.3 is 14.5 Å². The molecule has 4 heterocycles. The van der Waals surface area contributed by atoms with Gasteiger partial charge in [-0.2, -0.15) is 5.10 Å². The van der Waals surface area contributed by atoms with Crippen LogP contribution in [0.15, 0.2) is 30.5 Å². The first-order chi connectivity index (χ1) is 16.0. The number of fused-ring (bicyclic) bond motifs is 1. The fraction of sp³-hybridized carbons (Fsp3) is 0.522. The SMILES string of the molecule is O=C(Cc1ccc(Cl)c(Cl)c1)N1CCN(C(=O)c2ccn[nH]2)[C@@H]2COC[C@H](N3CCCC3)[C@H]21. The Bertz CT molecular complexity index is 1010. The van der Waals surface area contributed by atoms with Crippen molar-refractivity contribution in [1.29, 1.82) is 0 Å². The number of H-pyrrole nitrogens is 1. The van der Waals surface area contributed by atoms with Gasteiger partial charge >= 0.3 is 0 Å². The number of hydrogen-bond donors (Lipinski definition) is 1. The molecule has 1 aromatic carbocycles. The summed E-state index contributed by atoms with van der Waals surface area (Å²) in [5.74, 6) is -0.0760. The van der Waals surface area contributed by atoms with Crippen molar-refractivity contribution in [2.75, 3.05) is 39.4 Å². The number of nitrogens with zero attached hydrogens (tertiary/aromatic N) is 4. The standard InChI is InChI=1S/C23H27Cl2N5O3/c24-16-4-3-15(11-17(16)25)12-21(31)30-10-9-29(23(32)18-5-6-26-27-18)20-14-33-13-19(22(20)30)28-7-1-2-8-28/h3-6,11,19-20,22H,1-2,7-10,12-14H2,(H,26,27)/t19-,20+,22+/m0/s1. The van der Waals surface area contributed by atoms with Crippen LogP contribution in [0.2, 0.25) is 10.0 Å². The van der Waals surface area contributed by atoms with E-state index in [9.17, 15) is 9.59 Å². The molecule has 0 bridgehead atoms. The lowest BCUT2D eigenvalue weighted by molar-refractivity contribution is -0.149. The first kappa shape index (κ1) is 22.7. The van der Waals surface area contributed by atoms with Crippen molar-refractivity contribution >= 4 is 35.0 Å². The molecule has 1 aromatic heterocycles. The van der Waals surface area contributed by atoms with E-state index in [1.54, 1.807) is 24.4 Å². The molecule has 0 radical (unpaired) electrons. The third kappa shape index (κ3) is 4.49. The number of benzene rings is 1. The summed E-state index contributed by atoms with van der Waals surface area (Å²) in [4.78, 5) is 33.0. The van der Waals surface area contributed by atoms with Crippen molar-refractivity contribution in [2.24, 2.45) is 0 Å². The highest BCUT2D eigenvalue weighted by molar-refractivity contribution is 6.42. The summed E-state index contributed by atoms with van der Waals surface area (Å²) in [6.07, 6.45) is 4.10. The second-order valence-electron chi connectivity index (χ2n) is 8.89. The molecule has 3 aliphatic rings. The van der Waals surface area contributed by atoms with Crippen molar-refractivity contribution in [3.8, 4) is 0 Å². The molecule has 0 aliphatic carbocycles. The predicted molar refractivity (Wildman–Crippen MR) is 124 cm³/mol. The van der Waals surface area contributed by atoms with Crippen LogP contribution in [0.5, 0.6) is 0 Å². The van der Waals surface area contributed by atoms with Crippen LogP contribution >= 0.6 is 23.2 Å². The number of aromatic nitrogens is 2. The molecule has 3 fully saturated rings. The Morgan fingerprint density at radius 1 is 1.00 bits per heavy atom. The number of carbonyl (C=O) groups is 2. The molecule has 10 heteroatoms. The zero-order chi connectivity index (χ0) is 22.9. The molecular formula is C23H27Cl2N5O3. The molecule has 0 unspecified atom stereocenters. The van der Waals surface area contributed by atoms with Gasteiger partial charge in [0.05, 0.1) is 47.8 Å². The summed E-state index contributed by atoms with van der Waals surface area (Å²) < 4.78 is 6.01. The Kier molecular flexibility index (Phi) is 6.60. The lowest BCUT2D eigenvalue weighted by Gasteiger charge is -2.54. The van der Waals surface area contributed by atoms with Crippen LogP contribution in [-0.4, -0.2) is 94.2 Å². The summed E-state index contributed by atoms with van der Waals surface area (Å²) in [6.45, 7) is 3.87. The van der Waals surface area contributed by atoms with E-state index in [0.717, 1.165) is 31.5 Å². The highest BCUT2D eigenvalue weighted by atomic mass is 35.5. The third-order valence-corrected chi connectivity index (χ3v) is 7.71. The Balaban J connectivity index is 1.42. The first-order valence-electron chi connectivity index (χ1n) is 11.4. The number of piperazine rings is 1. The van der Waals surface area contributed by atoms with Crippen LogP contribution in [0.4, 0.5) is 0 Å². The highest BCUT2D eigenvalue weighted by Gasteiger charge is 2.49. The molecule has 0 saturated carbocycles. The van der Waals surface area contributed by atoms with Crippen molar-refractivity contribution in [3.05, 3.63) is 51.8 Å². The zero-order valence-corrected chi connectivity index (χ0v) is 19.8. The van der Waals surface area contributed by atoms with Gasteiger partial charge in [0, 0.05) is 19.3 Å². The average molecular weight is 492 g/mol. The largest absolute Gasteiger partial charge is 0.378 e. The summed E-state index contributed by atoms with van der Waals surface area (Å²) in [7, 11) is 0. The Labute approximate surface area is 202 Å². The number of aromatic amines is 1. The second-order valence-corrected chi connectivity index (χ2v) is 9.70. The van der Waals surface area contributed by atoms with Gasteiger partial charge in [0.1, 0.15) is 5.69 Å². The van der Waals surface area contributed by atoms with E-state index in [2.05, 4.69) is 15.1 Å². The Morgan fingerprint density at radius 3 is 2.48 bits per heavy atom. The van der Waals surface area contributed by atoms with Gasteiger partial charge in [0.2, 0.25) is 5.91 Å². The fourth-order valence-corrected chi connectivity index (χ4v) is 5.70. The molecule has 176 valence electrons. The molecule has 3 saturated heterocycles. The van der Waals surface area contributed by atoms with E-state index < -0.39 is 0 Å². The molecule has 2 aromatic rings. The third-order valence-electron chi connectivity index (χ3n) is 6.97. The van der Waals surface area contributed by atoms with E-state index >= 15 is 0 Å². The van der Waals surface area contributed by atoms with Crippen molar-refractivity contribution in [2.45, 2.75) is 37.4 Å². The van der Waals surface area contributed by atoms with E-state index in [1.807, 2.05) is 15.9 Å². The summed E-state index contributed by atoms with van der Waals surface area (Å²) in [5.41, 5.74) is 1.28. The predicted octanol–water partition coefficient (Wildman–Crippen LogP) is 2.48. The minimum Gasteiger partial charge on any atom is -0.378 e. The normalized spacial score (nSPS) is 25.8. The van der Waals surface area contributed by atoms with Crippen LogP contribution in [0, 0.1) is 0 Å². The van der Waals surface area contributed by atoms with Gasteiger partial charge in [0.15, 0.2) is 0 Å². The number of hydrogen-bond acceptors (Lipinski definition) is 5. The molecule has 33 heavy (non-hydrogen) atoms. The number of amides is 2. The number of halogens is 2. The summed E-state index contributed by atoms with van der Waals surface area (Å²) in [5, 5.41) is 7.61. The number of carbonyl (C=O) groups excluding carboxylic acids is 2. The van der Waals surface area contributed by atoms with Crippen LogP contribution in [0.25, 0.3) is 0 Å². The maximum atomic E-state index is 13.6.